The third-order valence-electron chi connectivity index (χ3n) is 3.32. The lowest BCUT2D eigenvalue weighted by molar-refractivity contribution is -0.385. The van der Waals surface area contributed by atoms with Crippen LogP contribution in [0.2, 0.25) is 0 Å². The van der Waals surface area contributed by atoms with Gasteiger partial charge in [-0.25, -0.2) is 13.1 Å². The van der Waals surface area contributed by atoms with E-state index in [0.29, 0.717) is 11.3 Å². The molecule has 2 aromatic carbocycles. The molecule has 0 atom stereocenters. The van der Waals surface area contributed by atoms with Crippen molar-refractivity contribution >= 4 is 15.7 Å². The normalized spacial score (nSPS) is 11.2. The quantitative estimate of drug-likeness (QED) is 0.470. The fraction of sp³-hybridized carbons (Fsp3) is 0.250. The monoisotopic (exact) mass is 350 g/mol. The molecule has 0 saturated carbocycles. The van der Waals surface area contributed by atoms with Gasteiger partial charge < -0.3 is 4.74 Å². The van der Waals surface area contributed by atoms with E-state index in [1.165, 1.54) is 12.1 Å². The standard InChI is InChI=1S/C16H18N2O5S/c1-12-4-3-5-15(10-12)23-9-8-17-24(21,22)16-11-14(18(19)20)7-6-13(16)2/h3-7,10-11,17H,8-9H2,1-2H3. The first kappa shape index (κ1) is 17.9. The van der Waals surface area contributed by atoms with Crippen LogP contribution in [-0.4, -0.2) is 26.5 Å². The fourth-order valence-electron chi connectivity index (χ4n) is 2.12. The minimum absolute atomic E-state index is 0.0540. The molecule has 0 aliphatic heterocycles. The van der Waals surface area contributed by atoms with E-state index in [4.69, 9.17) is 4.74 Å². The number of hydrogen-bond acceptors (Lipinski definition) is 5. The van der Waals surface area contributed by atoms with Gasteiger partial charge in [-0.15, -0.1) is 0 Å². The van der Waals surface area contributed by atoms with Crippen LogP contribution in [0.25, 0.3) is 0 Å². The van der Waals surface area contributed by atoms with Crippen LogP contribution in [0.5, 0.6) is 5.75 Å². The van der Waals surface area contributed by atoms with Crippen LogP contribution in [0.3, 0.4) is 0 Å². The summed E-state index contributed by atoms with van der Waals surface area (Å²) >= 11 is 0. The number of benzene rings is 2. The predicted octanol–water partition coefficient (Wildman–Crippen LogP) is 2.57. The van der Waals surface area contributed by atoms with E-state index in [1.807, 2.05) is 25.1 Å². The molecule has 0 saturated heterocycles. The number of nitro benzene ring substituents is 1. The maximum atomic E-state index is 12.3. The van der Waals surface area contributed by atoms with Gasteiger partial charge in [0, 0.05) is 18.7 Å². The smallest absolute Gasteiger partial charge is 0.270 e. The highest BCUT2D eigenvalue weighted by molar-refractivity contribution is 7.89. The van der Waals surface area contributed by atoms with Crippen LogP contribution in [0.4, 0.5) is 5.69 Å². The van der Waals surface area contributed by atoms with Gasteiger partial charge in [0.1, 0.15) is 12.4 Å². The summed E-state index contributed by atoms with van der Waals surface area (Å²) in [4.78, 5) is 10.1. The fourth-order valence-corrected chi connectivity index (χ4v) is 3.40. The molecule has 0 amide bonds. The maximum Gasteiger partial charge on any atom is 0.270 e. The molecular weight excluding hydrogens is 332 g/mol. The number of hydrogen-bond donors (Lipinski definition) is 1. The summed E-state index contributed by atoms with van der Waals surface area (Å²) in [5.41, 5.74) is 1.21. The van der Waals surface area contributed by atoms with Gasteiger partial charge in [-0.05, 0) is 37.1 Å². The van der Waals surface area contributed by atoms with Crippen molar-refractivity contribution in [3.63, 3.8) is 0 Å². The Morgan fingerprint density at radius 1 is 1.17 bits per heavy atom. The second kappa shape index (κ2) is 7.41. The molecule has 0 fully saturated rings. The van der Waals surface area contributed by atoms with E-state index in [2.05, 4.69) is 4.72 Å². The van der Waals surface area contributed by atoms with Crippen molar-refractivity contribution in [2.45, 2.75) is 18.7 Å². The van der Waals surface area contributed by atoms with Gasteiger partial charge in [-0.3, -0.25) is 10.1 Å². The average Bonchev–Trinajstić information content (AvgIpc) is 2.51. The molecule has 0 radical (unpaired) electrons. The van der Waals surface area contributed by atoms with Gasteiger partial charge in [-0.1, -0.05) is 18.2 Å². The van der Waals surface area contributed by atoms with Gasteiger partial charge >= 0.3 is 0 Å². The Hall–Kier alpha value is -2.45. The van der Waals surface area contributed by atoms with E-state index in [1.54, 1.807) is 13.0 Å². The lowest BCUT2D eigenvalue weighted by Gasteiger charge is -2.10. The van der Waals surface area contributed by atoms with Crippen LogP contribution in [0.1, 0.15) is 11.1 Å². The number of nitrogens with one attached hydrogen (secondary N) is 1. The van der Waals surface area contributed by atoms with Gasteiger partial charge in [0.25, 0.3) is 5.69 Å². The lowest BCUT2D eigenvalue weighted by atomic mass is 10.2. The molecule has 0 unspecified atom stereocenters. The summed E-state index contributed by atoms with van der Waals surface area (Å²) in [5, 5.41) is 10.8. The summed E-state index contributed by atoms with van der Waals surface area (Å²) in [5.74, 6) is 0.653. The lowest BCUT2D eigenvalue weighted by Crippen LogP contribution is -2.28. The molecule has 7 nitrogen and oxygen atoms in total. The molecule has 128 valence electrons. The van der Waals surface area contributed by atoms with Crippen molar-refractivity contribution in [1.29, 1.82) is 0 Å². The molecule has 2 aromatic rings. The molecule has 8 heteroatoms. The molecule has 0 heterocycles. The van der Waals surface area contributed by atoms with E-state index < -0.39 is 14.9 Å². The first-order valence-corrected chi connectivity index (χ1v) is 8.72. The first-order valence-electron chi connectivity index (χ1n) is 7.24. The largest absolute Gasteiger partial charge is 0.492 e. The molecule has 24 heavy (non-hydrogen) atoms. The van der Waals surface area contributed by atoms with Crippen LogP contribution in [-0.2, 0) is 10.0 Å². The van der Waals surface area contributed by atoms with Crippen LogP contribution >= 0.6 is 0 Å². The van der Waals surface area contributed by atoms with Gasteiger partial charge in [-0.2, -0.15) is 0 Å². The summed E-state index contributed by atoms with van der Waals surface area (Å²) < 4.78 is 32.5. The Morgan fingerprint density at radius 3 is 2.58 bits per heavy atom. The van der Waals surface area contributed by atoms with Crippen LogP contribution < -0.4 is 9.46 Å². The minimum Gasteiger partial charge on any atom is -0.492 e. The zero-order chi connectivity index (χ0) is 17.7. The van der Waals surface area contributed by atoms with E-state index in [9.17, 15) is 18.5 Å². The van der Waals surface area contributed by atoms with E-state index in [0.717, 1.165) is 11.6 Å². The highest BCUT2D eigenvalue weighted by Gasteiger charge is 2.20. The highest BCUT2D eigenvalue weighted by atomic mass is 32.2. The predicted molar refractivity (Wildman–Crippen MR) is 89.7 cm³/mol. The highest BCUT2D eigenvalue weighted by Crippen LogP contribution is 2.21. The van der Waals surface area contributed by atoms with Crippen molar-refractivity contribution in [1.82, 2.24) is 4.72 Å². The van der Waals surface area contributed by atoms with Gasteiger partial charge in [0.15, 0.2) is 0 Å². The Bertz CT molecular complexity index is 849. The second-order valence-electron chi connectivity index (χ2n) is 5.27. The van der Waals surface area contributed by atoms with Crippen molar-refractivity contribution < 1.29 is 18.1 Å². The summed E-state index contributed by atoms with van der Waals surface area (Å²) in [7, 11) is -3.84. The maximum absolute atomic E-state index is 12.3. The Morgan fingerprint density at radius 2 is 1.92 bits per heavy atom. The van der Waals surface area contributed by atoms with Gasteiger partial charge in [0.05, 0.1) is 9.82 Å². The van der Waals surface area contributed by atoms with Crippen molar-refractivity contribution in [2.24, 2.45) is 0 Å². The minimum atomic E-state index is -3.84. The molecular formula is C16H18N2O5S. The zero-order valence-corrected chi connectivity index (χ0v) is 14.2. The number of nitro groups is 1. The van der Waals surface area contributed by atoms with Gasteiger partial charge in [0.2, 0.25) is 10.0 Å². The average molecular weight is 350 g/mol. The number of non-ortho nitro benzene ring substituents is 1. The number of sulfonamides is 1. The summed E-state index contributed by atoms with van der Waals surface area (Å²) in [6.45, 7) is 3.72. The molecule has 0 bridgehead atoms. The Labute approximate surface area is 140 Å². The number of ether oxygens (including phenoxy) is 1. The second-order valence-corrected chi connectivity index (χ2v) is 7.01. The topological polar surface area (TPSA) is 98.5 Å². The van der Waals surface area contributed by atoms with Crippen LogP contribution in [0.15, 0.2) is 47.4 Å². The van der Waals surface area contributed by atoms with Crippen molar-refractivity contribution in [3.05, 3.63) is 63.7 Å². The van der Waals surface area contributed by atoms with E-state index in [-0.39, 0.29) is 23.7 Å². The van der Waals surface area contributed by atoms with Crippen molar-refractivity contribution in [2.75, 3.05) is 13.2 Å². The first-order chi connectivity index (χ1) is 11.3. The molecule has 1 N–H and O–H groups in total. The summed E-state index contributed by atoms with van der Waals surface area (Å²) in [6.07, 6.45) is 0. The summed E-state index contributed by atoms with van der Waals surface area (Å²) in [6, 6.07) is 11.2. The van der Waals surface area contributed by atoms with Crippen molar-refractivity contribution in [3.8, 4) is 5.75 Å². The SMILES string of the molecule is Cc1cccc(OCCNS(=O)(=O)c2cc([N+](=O)[O-])ccc2C)c1. The number of aryl methyl sites for hydroxylation is 2. The van der Waals surface area contributed by atoms with E-state index >= 15 is 0 Å². The molecule has 0 spiro atoms. The molecule has 0 aliphatic rings. The Balaban J connectivity index is 2.01. The van der Waals surface area contributed by atoms with Crippen LogP contribution in [0, 0.1) is 24.0 Å². The third kappa shape index (κ3) is 4.53. The zero-order valence-electron chi connectivity index (χ0n) is 13.4. The number of rotatable bonds is 7. The third-order valence-corrected chi connectivity index (χ3v) is 4.93. The molecule has 0 aliphatic carbocycles. The number of nitrogens with zero attached hydrogens (tertiary/aromatic N) is 1. The molecule has 2 rings (SSSR count). The Kier molecular flexibility index (Phi) is 5.53. The molecule has 0 aromatic heterocycles.